The van der Waals surface area contributed by atoms with Crippen LogP contribution in [0.5, 0.6) is 0 Å². The third-order valence-corrected chi connectivity index (χ3v) is 5.05. The van der Waals surface area contributed by atoms with Crippen molar-refractivity contribution in [2.75, 3.05) is 4.90 Å². The molecule has 0 saturated heterocycles. The topological polar surface area (TPSA) is 105 Å². The van der Waals surface area contributed by atoms with E-state index < -0.39 is 11.6 Å². The molecule has 0 fully saturated rings. The predicted molar refractivity (Wildman–Crippen MR) is 106 cm³/mol. The van der Waals surface area contributed by atoms with Crippen LogP contribution in [0.2, 0.25) is 0 Å². The number of carbonyl (C=O) groups is 1. The van der Waals surface area contributed by atoms with Crippen molar-refractivity contribution in [2.45, 2.75) is 32.4 Å². The minimum Gasteiger partial charge on any atom is -0.373 e. The summed E-state index contributed by atoms with van der Waals surface area (Å²) in [6.07, 6.45) is 2.32. The highest BCUT2D eigenvalue weighted by Crippen LogP contribution is 2.46. The minimum atomic E-state index is -1.21. The first-order valence-corrected chi connectivity index (χ1v) is 8.98. The molecular formula is C21H21N5O2. The molecule has 0 radical (unpaired) electrons. The molecule has 4 rings (SSSR count). The summed E-state index contributed by atoms with van der Waals surface area (Å²) in [4.78, 5) is 27.7. The monoisotopic (exact) mass is 375 g/mol. The summed E-state index contributed by atoms with van der Waals surface area (Å²) in [5.74, 6) is 1.04. The number of carbonyl (C=O) groups excluding carboxylic acids is 1. The van der Waals surface area contributed by atoms with E-state index >= 15 is 0 Å². The Bertz CT molecular complexity index is 1060. The van der Waals surface area contributed by atoms with Gasteiger partial charge in [-0.25, -0.2) is 15.0 Å². The van der Waals surface area contributed by atoms with E-state index in [2.05, 4.69) is 15.0 Å². The summed E-state index contributed by atoms with van der Waals surface area (Å²) in [6, 6.07) is 11.0. The molecule has 28 heavy (non-hydrogen) atoms. The second kappa shape index (κ2) is 6.47. The van der Waals surface area contributed by atoms with E-state index in [1.165, 1.54) is 0 Å². The van der Waals surface area contributed by atoms with E-state index in [4.69, 9.17) is 5.73 Å². The predicted octanol–water partition coefficient (Wildman–Crippen LogP) is 2.75. The van der Waals surface area contributed by atoms with Crippen LogP contribution in [0.1, 0.15) is 37.2 Å². The molecule has 1 amide bonds. The minimum absolute atomic E-state index is 0.0871. The van der Waals surface area contributed by atoms with Gasteiger partial charge in [0.1, 0.15) is 17.9 Å². The number of aryl methyl sites for hydroxylation is 1. The zero-order valence-corrected chi connectivity index (χ0v) is 15.9. The summed E-state index contributed by atoms with van der Waals surface area (Å²) in [5.41, 5.74) is 8.60. The fourth-order valence-corrected chi connectivity index (χ4v) is 3.43. The van der Waals surface area contributed by atoms with Crippen LogP contribution in [0.3, 0.4) is 0 Å². The first kappa shape index (κ1) is 18.2. The zero-order chi connectivity index (χ0) is 20.1. The maximum atomic E-state index is 13.2. The van der Waals surface area contributed by atoms with Gasteiger partial charge in [-0.15, -0.1) is 0 Å². The van der Waals surface area contributed by atoms with Crippen LogP contribution < -0.4 is 10.6 Å². The lowest BCUT2D eigenvalue weighted by atomic mass is 9.85. The number of nitrogens with two attached hydrogens (primary N) is 1. The van der Waals surface area contributed by atoms with Gasteiger partial charge in [-0.3, -0.25) is 9.69 Å². The standard InChI is InChI=1S/C21H21N5O2/c1-12-23-10-14(11-24-12)13-7-8-15-17(9-13)26(20(28)21(15,2)3)18-6-4-5-16(25-18)19(22)27/h4-11,19,27H,22H2,1-3H3. The van der Waals surface area contributed by atoms with Gasteiger partial charge in [0.15, 0.2) is 0 Å². The van der Waals surface area contributed by atoms with Crippen molar-refractivity contribution in [3.8, 4) is 11.1 Å². The molecule has 3 N–H and O–H groups in total. The molecule has 7 heteroatoms. The van der Waals surface area contributed by atoms with Crippen molar-refractivity contribution in [3.05, 3.63) is 65.9 Å². The highest BCUT2D eigenvalue weighted by molar-refractivity contribution is 6.12. The molecule has 0 aliphatic carbocycles. The lowest BCUT2D eigenvalue weighted by Gasteiger charge is -2.20. The summed E-state index contributed by atoms with van der Waals surface area (Å²) >= 11 is 0. The molecular weight excluding hydrogens is 354 g/mol. The van der Waals surface area contributed by atoms with Gasteiger partial charge in [0.25, 0.3) is 0 Å². The molecule has 2 aromatic heterocycles. The number of fused-ring (bicyclic) bond motifs is 1. The van der Waals surface area contributed by atoms with Crippen LogP contribution in [0, 0.1) is 6.92 Å². The number of aliphatic hydroxyl groups excluding tert-OH is 1. The fourth-order valence-electron chi connectivity index (χ4n) is 3.43. The second-order valence-electron chi connectivity index (χ2n) is 7.38. The van der Waals surface area contributed by atoms with Crippen molar-refractivity contribution >= 4 is 17.4 Å². The van der Waals surface area contributed by atoms with Gasteiger partial charge in [0, 0.05) is 18.0 Å². The average molecular weight is 375 g/mol. The Kier molecular flexibility index (Phi) is 4.21. The van der Waals surface area contributed by atoms with Gasteiger partial charge >= 0.3 is 0 Å². The second-order valence-corrected chi connectivity index (χ2v) is 7.38. The first-order valence-electron chi connectivity index (χ1n) is 8.98. The summed E-state index contributed by atoms with van der Waals surface area (Å²) in [7, 11) is 0. The number of aliphatic hydroxyl groups is 1. The Labute approximate surface area is 162 Å². The largest absolute Gasteiger partial charge is 0.373 e. The van der Waals surface area contributed by atoms with Crippen LogP contribution in [0.15, 0.2) is 48.8 Å². The summed E-state index contributed by atoms with van der Waals surface area (Å²) in [5, 5.41) is 9.67. The van der Waals surface area contributed by atoms with Crippen molar-refractivity contribution < 1.29 is 9.90 Å². The third kappa shape index (κ3) is 2.85. The van der Waals surface area contributed by atoms with Crippen molar-refractivity contribution in [1.29, 1.82) is 0 Å². The first-order chi connectivity index (χ1) is 13.3. The SMILES string of the molecule is Cc1ncc(-c2ccc3c(c2)N(c2cccc(C(N)O)n2)C(=O)C3(C)C)cn1. The van der Waals surface area contributed by atoms with Gasteiger partial charge in [-0.05, 0) is 50.1 Å². The van der Waals surface area contributed by atoms with Crippen LogP contribution in [-0.2, 0) is 10.2 Å². The molecule has 0 bridgehead atoms. The fraction of sp³-hybridized carbons (Fsp3) is 0.238. The molecule has 1 aromatic carbocycles. The number of benzene rings is 1. The number of hydrogen-bond acceptors (Lipinski definition) is 6. The van der Waals surface area contributed by atoms with Gasteiger partial charge < -0.3 is 10.8 Å². The van der Waals surface area contributed by atoms with Crippen LogP contribution in [-0.4, -0.2) is 26.0 Å². The molecule has 0 saturated carbocycles. The number of aromatic nitrogens is 3. The average Bonchev–Trinajstić information content (AvgIpc) is 2.88. The Morgan fingerprint density at radius 1 is 1.11 bits per heavy atom. The summed E-state index contributed by atoms with van der Waals surface area (Å²) in [6.45, 7) is 5.62. The maximum Gasteiger partial charge on any atom is 0.242 e. The van der Waals surface area contributed by atoms with Crippen LogP contribution in [0.25, 0.3) is 11.1 Å². The number of rotatable bonds is 3. The lowest BCUT2D eigenvalue weighted by Crippen LogP contribution is -2.33. The number of nitrogens with zero attached hydrogens (tertiary/aromatic N) is 4. The number of amides is 1. The molecule has 1 unspecified atom stereocenters. The maximum absolute atomic E-state index is 13.2. The molecule has 1 aliphatic heterocycles. The van der Waals surface area contributed by atoms with Crippen LogP contribution >= 0.6 is 0 Å². The molecule has 3 heterocycles. The lowest BCUT2D eigenvalue weighted by molar-refractivity contribution is -0.121. The molecule has 7 nitrogen and oxygen atoms in total. The van der Waals surface area contributed by atoms with E-state index in [9.17, 15) is 9.90 Å². The van der Waals surface area contributed by atoms with Gasteiger partial charge in [0.05, 0.1) is 16.8 Å². The molecule has 1 atom stereocenters. The smallest absolute Gasteiger partial charge is 0.242 e. The molecule has 142 valence electrons. The Morgan fingerprint density at radius 2 is 1.82 bits per heavy atom. The van der Waals surface area contributed by atoms with Gasteiger partial charge in [-0.1, -0.05) is 18.2 Å². The summed E-state index contributed by atoms with van der Waals surface area (Å²) < 4.78 is 0. The zero-order valence-electron chi connectivity index (χ0n) is 15.9. The number of hydrogen-bond donors (Lipinski definition) is 2. The highest BCUT2D eigenvalue weighted by atomic mass is 16.3. The third-order valence-electron chi connectivity index (χ3n) is 5.05. The van der Waals surface area contributed by atoms with Crippen LogP contribution in [0.4, 0.5) is 11.5 Å². The van der Waals surface area contributed by atoms with Crippen molar-refractivity contribution in [1.82, 2.24) is 15.0 Å². The van der Waals surface area contributed by atoms with E-state index in [0.29, 0.717) is 17.3 Å². The quantitative estimate of drug-likeness (QED) is 0.682. The van der Waals surface area contributed by atoms with E-state index in [1.54, 1.807) is 35.5 Å². The highest BCUT2D eigenvalue weighted by Gasteiger charge is 2.45. The normalized spacial score (nSPS) is 16.2. The van der Waals surface area contributed by atoms with E-state index in [0.717, 1.165) is 22.4 Å². The molecule has 0 spiro atoms. The molecule has 1 aliphatic rings. The number of anilines is 2. The van der Waals surface area contributed by atoms with Crippen molar-refractivity contribution in [3.63, 3.8) is 0 Å². The van der Waals surface area contributed by atoms with E-state index in [1.807, 2.05) is 39.0 Å². The van der Waals surface area contributed by atoms with Gasteiger partial charge in [0.2, 0.25) is 5.91 Å². The number of pyridine rings is 1. The molecule has 3 aromatic rings. The Morgan fingerprint density at radius 3 is 2.50 bits per heavy atom. The van der Waals surface area contributed by atoms with Crippen molar-refractivity contribution in [2.24, 2.45) is 5.73 Å². The van der Waals surface area contributed by atoms with E-state index in [-0.39, 0.29) is 5.91 Å². The Hall–Kier alpha value is -3.16. The van der Waals surface area contributed by atoms with Gasteiger partial charge in [-0.2, -0.15) is 0 Å². The Balaban J connectivity index is 1.87.